The molecule has 5 heterocycles. The molecule has 14 heteroatoms. The van der Waals surface area contributed by atoms with Crippen LogP contribution < -0.4 is 11.1 Å². The van der Waals surface area contributed by atoms with Gasteiger partial charge in [-0.25, -0.2) is 0 Å². The monoisotopic (exact) mass is 464 g/mol. The van der Waals surface area contributed by atoms with Gasteiger partial charge in [-0.1, -0.05) is 41.5 Å². The summed E-state index contributed by atoms with van der Waals surface area (Å²) in [5.74, 6) is 0. The second-order valence-electron chi connectivity index (χ2n) is 10.0. The van der Waals surface area contributed by atoms with E-state index in [1.165, 1.54) is 21.4 Å². The van der Waals surface area contributed by atoms with Crippen LogP contribution in [0.3, 0.4) is 0 Å². The van der Waals surface area contributed by atoms with Crippen molar-refractivity contribution in [1.29, 1.82) is 0 Å². The standard InChI is InChI=1S/C20H24N12O2/c1-19(2,3)11-17(33)31-15(29-23-11)9(7-21-31)13-25-27-14(28-26-13)10-8-22-32-16(10)30-24-12(18(32)34)20(4,5)6/h7-8,25-28H,1-6H3. The van der Waals surface area contributed by atoms with Crippen molar-refractivity contribution in [1.82, 2.24) is 60.0 Å². The Morgan fingerprint density at radius 1 is 0.618 bits per heavy atom. The third kappa shape index (κ3) is 3.25. The maximum absolute atomic E-state index is 12.8. The van der Waals surface area contributed by atoms with Crippen LogP contribution in [-0.2, 0) is 10.8 Å². The molecule has 0 saturated heterocycles. The minimum Gasteiger partial charge on any atom is -0.283 e. The van der Waals surface area contributed by atoms with E-state index in [2.05, 4.69) is 51.0 Å². The van der Waals surface area contributed by atoms with Crippen LogP contribution in [0.25, 0.3) is 11.3 Å². The highest BCUT2D eigenvalue weighted by molar-refractivity contribution is 5.38. The van der Waals surface area contributed by atoms with Crippen molar-refractivity contribution < 1.29 is 0 Å². The lowest BCUT2D eigenvalue weighted by Crippen LogP contribution is -2.30. The zero-order valence-corrected chi connectivity index (χ0v) is 19.5. The molecule has 0 aliphatic carbocycles. The van der Waals surface area contributed by atoms with E-state index >= 15 is 0 Å². The number of aromatic nitrogens is 12. The van der Waals surface area contributed by atoms with E-state index in [1.807, 2.05) is 41.5 Å². The van der Waals surface area contributed by atoms with Gasteiger partial charge in [0.2, 0.25) is 0 Å². The van der Waals surface area contributed by atoms with E-state index in [4.69, 9.17) is 0 Å². The van der Waals surface area contributed by atoms with Gasteiger partial charge >= 0.3 is 0 Å². The summed E-state index contributed by atoms with van der Waals surface area (Å²) >= 11 is 0. The van der Waals surface area contributed by atoms with Gasteiger partial charge in [0, 0.05) is 10.8 Å². The summed E-state index contributed by atoms with van der Waals surface area (Å²) in [6, 6.07) is 0. The predicted octanol–water partition coefficient (Wildman–Crippen LogP) is 0.326. The Bertz CT molecular complexity index is 1720. The van der Waals surface area contributed by atoms with Crippen molar-refractivity contribution >= 4 is 11.3 Å². The van der Waals surface area contributed by atoms with Crippen LogP contribution in [0.15, 0.2) is 22.0 Å². The van der Waals surface area contributed by atoms with Gasteiger partial charge in [0.15, 0.2) is 11.3 Å². The molecule has 34 heavy (non-hydrogen) atoms. The van der Waals surface area contributed by atoms with Crippen LogP contribution in [-0.4, -0.2) is 60.0 Å². The summed E-state index contributed by atoms with van der Waals surface area (Å²) in [7, 11) is 0. The molecule has 5 rings (SSSR count). The Kier molecular flexibility index (Phi) is 4.47. The molecule has 5 aromatic heterocycles. The van der Waals surface area contributed by atoms with E-state index in [0.29, 0.717) is 44.1 Å². The number of H-pyrrole nitrogens is 4. The maximum Gasteiger partial charge on any atom is 0.297 e. The van der Waals surface area contributed by atoms with E-state index < -0.39 is 10.8 Å². The maximum atomic E-state index is 12.8. The number of aromatic amines is 4. The van der Waals surface area contributed by atoms with E-state index in [9.17, 15) is 9.59 Å². The van der Waals surface area contributed by atoms with Gasteiger partial charge in [-0.2, -0.15) is 19.2 Å². The lowest BCUT2D eigenvalue weighted by Gasteiger charge is -2.14. The average Bonchev–Trinajstić information content (AvgIpc) is 3.38. The molecule has 0 fully saturated rings. The first kappa shape index (κ1) is 21.5. The van der Waals surface area contributed by atoms with Crippen molar-refractivity contribution in [3.63, 3.8) is 0 Å². The number of nitrogens with one attached hydrogen (secondary N) is 4. The highest BCUT2D eigenvalue weighted by atomic mass is 16.1. The highest BCUT2D eigenvalue weighted by Gasteiger charge is 2.23. The molecule has 0 bridgehead atoms. The second-order valence-corrected chi connectivity index (χ2v) is 10.0. The van der Waals surface area contributed by atoms with E-state index in [1.54, 1.807) is 0 Å². The lowest BCUT2D eigenvalue weighted by atomic mass is 9.93. The second kappa shape index (κ2) is 7.07. The smallest absolute Gasteiger partial charge is 0.283 e. The van der Waals surface area contributed by atoms with Gasteiger partial charge in [-0.15, -0.1) is 20.4 Å². The molecule has 0 atom stereocenters. The van der Waals surface area contributed by atoms with Gasteiger partial charge in [0.05, 0.1) is 22.8 Å². The number of hydrogen-bond donors (Lipinski definition) is 4. The Morgan fingerprint density at radius 3 is 1.29 bits per heavy atom. The molecule has 0 saturated carbocycles. The van der Waals surface area contributed by atoms with Crippen LogP contribution in [0.1, 0.15) is 52.9 Å². The fraction of sp³-hybridized carbons (Fsp3) is 0.400. The van der Waals surface area contributed by atoms with Crippen LogP contribution in [0.4, 0.5) is 0 Å². The SMILES string of the molecule is CC(C)(C)c1nnc2c(=c3[nH][nH]c(=c4cnn5c(=O)c(C(C)(C)C)nnc45)[nH][nH]3)cnn2c1=O. The predicted molar refractivity (Wildman–Crippen MR) is 120 cm³/mol. The highest BCUT2D eigenvalue weighted by Crippen LogP contribution is 2.16. The Hall–Kier alpha value is -4.36. The minimum absolute atomic E-state index is 0.299. The third-order valence-electron chi connectivity index (χ3n) is 5.35. The van der Waals surface area contributed by atoms with Crippen molar-refractivity contribution in [3.05, 3.63) is 65.9 Å². The molecule has 14 nitrogen and oxygen atoms in total. The molecule has 176 valence electrons. The molecular weight excluding hydrogens is 440 g/mol. The largest absolute Gasteiger partial charge is 0.297 e. The number of nitrogens with zero attached hydrogens (tertiary/aromatic N) is 8. The first-order valence-electron chi connectivity index (χ1n) is 10.6. The molecule has 5 aromatic rings. The zero-order chi connectivity index (χ0) is 24.4. The molecule has 4 N–H and O–H groups in total. The molecular formula is C20H24N12O2. The normalized spacial score (nSPS) is 12.6. The summed E-state index contributed by atoms with van der Waals surface area (Å²) in [5, 5.41) is 38.1. The van der Waals surface area contributed by atoms with Crippen molar-refractivity contribution in [2.24, 2.45) is 0 Å². The third-order valence-corrected chi connectivity index (χ3v) is 5.35. The number of hydrogen-bond acceptors (Lipinski definition) is 8. The fourth-order valence-corrected chi connectivity index (χ4v) is 3.53. The topological polar surface area (TPSA) is 183 Å². The molecule has 0 unspecified atom stereocenters. The van der Waals surface area contributed by atoms with E-state index in [0.717, 1.165) is 0 Å². The first-order chi connectivity index (χ1) is 16.0. The van der Waals surface area contributed by atoms with Crippen LogP contribution in [0.5, 0.6) is 0 Å². The number of rotatable bonds is 0. The van der Waals surface area contributed by atoms with Gasteiger partial charge in [0.25, 0.3) is 11.1 Å². The summed E-state index contributed by atoms with van der Waals surface area (Å²) in [5.41, 5.74) is 0.649. The van der Waals surface area contributed by atoms with Crippen LogP contribution >= 0.6 is 0 Å². The summed E-state index contributed by atoms with van der Waals surface area (Å²) < 4.78 is 2.45. The van der Waals surface area contributed by atoms with Crippen molar-refractivity contribution in [2.45, 2.75) is 52.4 Å². The summed E-state index contributed by atoms with van der Waals surface area (Å²) in [4.78, 5) is 25.6. The van der Waals surface area contributed by atoms with Crippen molar-refractivity contribution in [3.8, 4) is 0 Å². The van der Waals surface area contributed by atoms with E-state index in [-0.39, 0.29) is 11.1 Å². The Morgan fingerprint density at radius 2 is 0.971 bits per heavy atom. The first-order valence-corrected chi connectivity index (χ1v) is 10.6. The van der Waals surface area contributed by atoms with Gasteiger partial charge < -0.3 is 0 Å². The van der Waals surface area contributed by atoms with Crippen molar-refractivity contribution in [2.75, 3.05) is 0 Å². The summed E-state index contributed by atoms with van der Waals surface area (Å²) in [6.45, 7) is 11.4. The van der Waals surface area contributed by atoms with Crippen LogP contribution in [0, 0.1) is 21.4 Å². The van der Waals surface area contributed by atoms with Crippen LogP contribution in [0.2, 0.25) is 0 Å². The molecule has 0 spiro atoms. The quantitative estimate of drug-likeness (QED) is 0.252. The van der Waals surface area contributed by atoms with Gasteiger partial charge in [-0.3, -0.25) is 30.0 Å². The Labute approximate surface area is 190 Å². The average molecular weight is 464 g/mol. The minimum atomic E-state index is -0.458. The zero-order valence-electron chi connectivity index (χ0n) is 19.5. The Balaban J connectivity index is 1.74. The van der Waals surface area contributed by atoms with Gasteiger partial charge in [0.1, 0.15) is 22.3 Å². The number of fused-ring (bicyclic) bond motifs is 2. The molecule has 0 aliphatic heterocycles. The lowest BCUT2D eigenvalue weighted by molar-refractivity contribution is 0.542. The molecule has 0 amide bonds. The fourth-order valence-electron chi connectivity index (χ4n) is 3.53. The molecule has 0 aliphatic rings. The molecule has 0 radical (unpaired) electrons. The van der Waals surface area contributed by atoms with Gasteiger partial charge in [-0.05, 0) is 0 Å². The molecule has 0 aromatic carbocycles. The summed E-state index contributed by atoms with van der Waals surface area (Å²) in [6.07, 6.45) is 3.03.